The fraction of sp³-hybridized carbons (Fsp3) is 0.333. The Morgan fingerprint density at radius 1 is 1.12 bits per heavy atom. The van der Waals surface area contributed by atoms with E-state index >= 15 is 0 Å². The van der Waals surface area contributed by atoms with Gasteiger partial charge in [0.2, 0.25) is 0 Å². The van der Waals surface area contributed by atoms with E-state index in [0.29, 0.717) is 31.5 Å². The maximum Gasteiger partial charge on any atom is 0.263 e. The van der Waals surface area contributed by atoms with Gasteiger partial charge in [0.25, 0.3) is 5.91 Å². The smallest absolute Gasteiger partial charge is 0.263 e. The Bertz CT molecular complexity index is 733. The monoisotopic (exact) mass is 407 g/mol. The molecule has 2 aromatic rings. The van der Waals surface area contributed by atoms with E-state index < -0.39 is 0 Å². The summed E-state index contributed by atoms with van der Waals surface area (Å²) in [6.45, 7) is 1.25. The lowest BCUT2D eigenvalue weighted by atomic mass is 9.89. The SMILES string of the molecule is COc1ccc(C(=O)C2CCN(C(=O)c3ccc(Br)s3)CC2)cc1. The number of hydrogen-bond donors (Lipinski definition) is 0. The lowest BCUT2D eigenvalue weighted by molar-refractivity contribution is 0.0654. The van der Waals surface area contributed by atoms with Crippen LogP contribution in [0.15, 0.2) is 40.2 Å². The largest absolute Gasteiger partial charge is 0.497 e. The molecule has 2 heterocycles. The minimum absolute atomic E-state index is 0.0162. The summed E-state index contributed by atoms with van der Waals surface area (Å²) < 4.78 is 6.07. The van der Waals surface area contributed by atoms with Gasteiger partial charge in [-0.1, -0.05) is 0 Å². The lowest BCUT2D eigenvalue weighted by Crippen LogP contribution is -2.40. The van der Waals surface area contributed by atoms with E-state index in [2.05, 4.69) is 15.9 Å². The second-order valence-corrected chi connectivity index (χ2v) is 8.23. The minimum atomic E-state index is -0.0162. The highest BCUT2D eigenvalue weighted by molar-refractivity contribution is 9.11. The normalized spacial score (nSPS) is 15.3. The van der Waals surface area contributed by atoms with Crippen molar-refractivity contribution >= 4 is 39.0 Å². The van der Waals surface area contributed by atoms with Crippen LogP contribution >= 0.6 is 27.3 Å². The van der Waals surface area contributed by atoms with Crippen LogP contribution in [0.3, 0.4) is 0 Å². The second-order valence-electron chi connectivity index (χ2n) is 5.76. The van der Waals surface area contributed by atoms with Gasteiger partial charge in [-0.15, -0.1) is 11.3 Å². The second kappa shape index (κ2) is 7.49. The third-order valence-corrected chi connectivity index (χ3v) is 5.92. The number of halogens is 1. The third kappa shape index (κ3) is 3.70. The molecule has 6 heteroatoms. The Labute approximate surface area is 153 Å². The molecule has 126 valence electrons. The van der Waals surface area contributed by atoms with Crippen molar-refractivity contribution in [1.29, 1.82) is 0 Å². The van der Waals surface area contributed by atoms with E-state index in [9.17, 15) is 9.59 Å². The molecule has 1 amide bonds. The zero-order chi connectivity index (χ0) is 17.1. The molecule has 1 aromatic carbocycles. The first-order valence-electron chi connectivity index (χ1n) is 7.81. The van der Waals surface area contributed by atoms with Gasteiger partial charge in [0.05, 0.1) is 15.8 Å². The number of amides is 1. The molecule has 0 spiro atoms. The number of likely N-dealkylation sites (tertiary alicyclic amines) is 1. The lowest BCUT2D eigenvalue weighted by Gasteiger charge is -2.31. The highest BCUT2D eigenvalue weighted by Gasteiger charge is 2.28. The zero-order valence-electron chi connectivity index (χ0n) is 13.3. The number of methoxy groups -OCH3 is 1. The summed E-state index contributed by atoms with van der Waals surface area (Å²) in [5.74, 6) is 0.941. The van der Waals surface area contributed by atoms with Gasteiger partial charge in [-0.25, -0.2) is 0 Å². The van der Waals surface area contributed by atoms with Crippen LogP contribution in [0.1, 0.15) is 32.9 Å². The van der Waals surface area contributed by atoms with E-state index in [1.165, 1.54) is 11.3 Å². The van der Waals surface area contributed by atoms with Gasteiger partial charge < -0.3 is 9.64 Å². The third-order valence-electron chi connectivity index (χ3n) is 4.31. The highest BCUT2D eigenvalue weighted by atomic mass is 79.9. The Hall–Kier alpha value is -1.66. The van der Waals surface area contributed by atoms with Crippen molar-refractivity contribution in [2.24, 2.45) is 5.92 Å². The number of thiophene rings is 1. The van der Waals surface area contributed by atoms with Crippen LogP contribution in [0.2, 0.25) is 0 Å². The molecular weight excluding hydrogens is 390 g/mol. The molecule has 4 nitrogen and oxygen atoms in total. The standard InChI is InChI=1S/C18H18BrNO3S/c1-23-14-4-2-12(3-5-14)17(21)13-8-10-20(11-9-13)18(22)15-6-7-16(19)24-15/h2-7,13H,8-11H2,1H3. The molecule has 1 fully saturated rings. The molecular formula is C18H18BrNO3S. The van der Waals surface area contributed by atoms with Crippen LogP contribution in [-0.4, -0.2) is 36.8 Å². The molecule has 0 unspecified atom stereocenters. The van der Waals surface area contributed by atoms with E-state index in [4.69, 9.17) is 4.74 Å². The number of piperidine rings is 1. The molecule has 24 heavy (non-hydrogen) atoms. The molecule has 1 saturated heterocycles. The van der Waals surface area contributed by atoms with Gasteiger partial charge in [0, 0.05) is 24.6 Å². The molecule has 0 atom stereocenters. The number of rotatable bonds is 4. The van der Waals surface area contributed by atoms with Gasteiger partial charge in [0.15, 0.2) is 5.78 Å². The maximum atomic E-state index is 12.6. The number of nitrogens with zero attached hydrogens (tertiary/aromatic N) is 1. The molecule has 1 aliphatic rings. The van der Waals surface area contributed by atoms with Gasteiger partial charge in [-0.3, -0.25) is 9.59 Å². The Kier molecular flexibility index (Phi) is 5.36. The number of hydrogen-bond acceptors (Lipinski definition) is 4. The number of ether oxygens (including phenoxy) is 1. The van der Waals surface area contributed by atoms with Crippen molar-refractivity contribution in [3.05, 3.63) is 50.6 Å². The van der Waals surface area contributed by atoms with Crippen LogP contribution in [-0.2, 0) is 0 Å². The van der Waals surface area contributed by atoms with Crippen LogP contribution in [0.4, 0.5) is 0 Å². The molecule has 1 aromatic heterocycles. The first-order valence-corrected chi connectivity index (χ1v) is 9.42. The van der Waals surface area contributed by atoms with Crippen LogP contribution < -0.4 is 4.74 Å². The summed E-state index contributed by atoms with van der Waals surface area (Å²) in [7, 11) is 1.61. The Balaban J connectivity index is 1.59. The number of carbonyl (C=O) groups is 2. The first kappa shape index (κ1) is 17.2. The van der Waals surface area contributed by atoms with Gasteiger partial charge >= 0.3 is 0 Å². The molecule has 0 saturated carbocycles. The number of Topliss-reactive ketones (excluding diaryl/α,β-unsaturated/α-hetero) is 1. The van der Waals surface area contributed by atoms with Crippen LogP contribution in [0, 0.1) is 5.92 Å². The summed E-state index contributed by atoms with van der Waals surface area (Å²) in [5.41, 5.74) is 0.711. The minimum Gasteiger partial charge on any atom is -0.497 e. The van der Waals surface area contributed by atoms with Gasteiger partial charge in [-0.05, 0) is 65.2 Å². The maximum absolute atomic E-state index is 12.6. The molecule has 0 N–H and O–H groups in total. The average molecular weight is 408 g/mol. The van der Waals surface area contributed by atoms with E-state index in [1.807, 2.05) is 29.2 Å². The van der Waals surface area contributed by atoms with Crippen molar-refractivity contribution < 1.29 is 14.3 Å². The molecule has 1 aliphatic heterocycles. The first-order chi connectivity index (χ1) is 11.6. The Morgan fingerprint density at radius 3 is 2.33 bits per heavy atom. The number of benzene rings is 1. The molecule has 3 rings (SSSR count). The fourth-order valence-electron chi connectivity index (χ4n) is 2.92. The van der Waals surface area contributed by atoms with Crippen molar-refractivity contribution in [3.63, 3.8) is 0 Å². The summed E-state index contributed by atoms with van der Waals surface area (Å²) in [5, 5.41) is 0. The van der Waals surface area contributed by atoms with E-state index in [1.54, 1.807) is 19.2 Å². The van der Waals surface area contributed by atoms with Crippen molar-refractivity contribution in [1.82, 2.24) is 4.90 Å². The van der Waals surface area contributed by atoms with E-state index in [-0.39, 0.29) is 17.6 Å². The predicted molar refractivity (Wildman–Crippen MR) is 98.0 cm³/mol. The van der Waals surface area contributed by atoms with E-state index in [0.717, 1.165) is 14.4 Å². The number of carbonyl (C=O) groups excluding carboxylic acids is 2. The Morgan fingerprint density at radius 2 is 1.79 bits per heavy atom. The molecule has 0 bridgehead atoms. The quantitative estimate of drug-likeness (QED) is 0.711. The summed E-state index contributed by atoms with van der Waals surface area (Å²) in [4.78, 5) is 27.6. The number of ketones is 1. The topological polar surface area (TPSA) is 46.6 Å². The zero-order valence-corrected chi connectivity index (χ0v) is 15.7. The van der Waals surface area contributed by atoms with Crippen molar-refractivity contribution in [2.75, 3.05) is 20.2 Å². The van der Waals surface area contributed by atoms with Gasteiger partial charge in [0.1, 0.15) is 5.75 Å². The van der Waals surface area contributed by atoms with Crippen molar-refractivity contribution in [3.8, 4) is 5.75 Å². The van der Waals surface area contributed by atoms with Crippen LogP contribution in [0.25, 0.3) is 0 Å². The summed E-state index contributed by atoms with van der Waals surface area (Å²) >= 11 is 4.83. The summed E-state index contributed by atoms with van der Waals surface area (Å²) in [6, 6.07) is 11.0. The average Bonchev–Trinajstić information content (AvgIpc) is 3.07. The van der Waals surface area contributed by atoms with Crippen molar-refractivity contribution in [2.45, 2.75) is 12.8 Å². The summed E-state index contributed by atoms with van der Waals surface area (Å²) in [6.07, 6.45) is 1.42. The van der Waals surface area contributed by atoms with Crippen LogP contribution in [0.5, 0.6) is 5.75 Å². The molecule has 0 aliphatic carbocycles. The fourth-order valence-corrected chi connectivity index (χ4v) is 4.27. The highest BCUT2D eigenvalue weighted by Crippen LogP contribution is 2.27. The van der Waals surface area contributed by atoms with Gasteiger partial charge in [-0.2, -0.15) is 0 Å². The predicted octanol–water partition coefficient (Wildman–Crippen LogP) is 4.25. The molecule has 0 radical (unpaired) electrons.